The number of benzene rings is 1. The van der Waals surface area contributed by atoms with E-state index in [1.54, 1.807) is 0 Å². The first-order chi connectivity index (χ1) is 8.43. The molecular weight excluding hydrogens is 267 g/mol. The number of halogens is 2. The minimum atomic E-state index is -0.433. The highest BCUT2D eigenvalue weighted by molar-refractivity contribution is 6.30. The van der Waals surface area contributed by atoms with Crippen molar-refractivity contribution in [3.05, 3.63) is 40.4 Å². The molecule has 98 valence electrons. The van der Waals surface area contributed by atoms with Gasteiger partial charge >= 0.3 is 0 Å². The second-order valence-corrected chi connectivity index (χ2v) is 6.41. The first-order valence-electron chi connectivity index (χ1n) is 6.15. The third kappa shape index (κ3) is 2.90. The van der Waals surface area contributed by atoms with E-state index in [9.17, 15) is 5.11 Å². The van der Waals surface area contributed by atoms with E-state index >= 15 is 0 Å². The molecule has 1 N–H and O–H groups in total. The molecule has 0 amide bonds. The van der Waals surface area contributed by atoms with Crippen molar-refractivity contribution in [1.82, 2.24) is 0 Å². The molecule has 1 aliphatic carbocycles. The van der Waals surface area contributed by atoms with E-state index in [2.05, 4.69) is 13.8 Å². The van der Waals surface area contributed by atoms with E-state index in [0.717, 1.165) is 29.0 Å². The van der Waals surface area contributed by atoms with Gasteiger partial charge in [0.05, 0.1) is 6.10 Å². The topological polar surface area (TPSA) is 20.2 Å². The minimum absolute atomic E-state index is 0.101. The molecule has 1 aromatic carbocycles. The standard InChI is InChI=1S/C15H18Cl2O/c1-15(2)7-12(13(9-16)14(18)8-15)10-3-5-11(17)6-4-10/h3-6,14,18H,7-9H2,1-2H3/t14-/m1/s1. The van der Waals surface area contributed by atoms with Gasteiger partial charge in [0.15, 0.2) is 0 Å². The van der Waals surface area contributed by atoms with Gasteiger partial charge in [0, 0.05) is 10.9 Å². The maximum absolute atomic E-state index is 10.2. The number of rotatable bonds is 2. The SMILES string of the molecule is CC1(C)CC(c2ccc(Cl)cc2)=C(CCl)[C@H](O)C1. The van der Waals surface area contributed by atoms with Crippen LogP contribution < -0.4 is 0 Å². The Kier molecular flexibility index (Phi) is 4.05. The van der Waals surface area contributed by atoms with Crippen LogP contribution in [-0.4, -0.2) is 17.1 Å². The van der Waals surface area contributed by atoms with Crippen molar-refractivity contribution in [3.8, 4) is 0 Å². The number of alkyl halides is 1. The maximum atomic E-state index is 10.2. The van der Waals surface area contributed by atoms with E-state index in [1.807, 2.05) is 24.3 Å². The van der Waals surface area contributed by atoms with Crippen LogP contribution in [0.5, 0.6) is 0 Å². The summed E-state index contributed by atoms with van der Waals surface area (Å²) in [5.41, 5.74) is 3.34. The lowest BCUT2D eigenvalue weighted by Gasteiger charge is -2.36. The summed E-state index contributed by atoms with van der Waals surface area (Å²) in [6.07, 6.45) is 1.27. The van der Waals surface area contributed by atoms with Crippen LogP contribution in [0.25, 0.3) is 5.57 Å². The zero-order chi connectivity index (χ0) is 13.3. The van der Waals surface area contributed by atoms with Gasteiger partial charge in [-0.25, -0.2) is 0 Å². The van der Waals surface area contributed by atoms with E-state index in [4.69, 9.17) is 23.2 Å². The average molecular weight is 285 g/mol. The number of allylic oxidation sites excluding steroid dienone is 1. The van der Waals surface area contributed by atoms with Gasteiger partial charge in [-0.3, -0.25) is 0 Å². The Bertz CT molecular complexity index is 460. The van der Waals surface area contributed by atoms with Crippen LogP contribution >= 0.6 is 23.2 Å². The maximum Gasteiger partial charge on any atom is 0.0772 e. The monoisotopic (exact) mass is 284 g/mol. The summed E-state index contributed by atoms with van der Waals surface area (Å²) in [6, 6.07) is 7.75. The number of hydrogen-bond donors (Lipinski definition) is 1. The van der Waals surface area contributed by atoms with Crippen LogP contribution in [0.2, 0.25) is 5.02 Å². The predicted octanol–water partition coefficient (Wildman–Crippen LogP) is 4.51. The zero-order valence-electron chi connectivity index (χ0n) is 10.7. The molecule has 1 atom stereocenters. The Morgan fingerprint density at radius 2 is 1.89 bits per heavy atom. The number of hydrogen-bond acceptors (Lipinski definition) is 1. The molecule has 0 bridgehead atoms. The minimum Gasteiger partial charge on any atom is -0.389 e. The molecule has 3 heteroatoms. The van der Waals surface area contributed by atoms with Crippen molar-refractivity contribution in [2.75, 3.05) is 5.88 Å². The first-order valence-corrected chi connectivity index (χ1v) is 7.06. The van der Waals surface area contributed by atoms with Gasteiger partial charge in [-0.05, 0) is 47.1 Å². The van der Waals surface area contributed by atoms with Gasteiger partial charge in [-0.1, -0.05) is 37.6 Å². The van der Waals surface area contributed by atoms with Crippen LogP contribution in [0.3, 0.4) is 0 Å². The molecule has 0 fully saturated rings. The summed E-state index contributed by atoms with van der Waals surface area (Å²) in [4.78, 5) is 0. The predicted molar refractivity (Wildman–Crippen MR) is 78.1 cm³/mol. The molecule has 0 aliphatic heterocycles. The Labute approximate surface area is 118 Å². The van der Waals surface area contributed by atoms with Gasteiger partial charge in [0.25, 0.3) is 0 Å². The molecule has 0 heterocycles. The van der Waals surface area contributed by atoms with Crippen molar-refractivity contribution in [2.24, 2.45) is 5.41 Å². The molecular formula is C15H18Cl2O. The van der Waals surface area contributed by atoms with Crippen LogP contribution in [0, 0.1) is 5.41 Å². The fraction of sp³-hybridized carbons (Fsp3) is 0.467. The Hall–Kier alpha value is -0.500. The van der Waals surface area contributed by atoms with E-state index in [-0.39, 0.29) is 5.41 Å². The lowest BCUT2D eigenvalue weighted by molar-refractivity contribution is 0.136. The van der Waals surface area contributed by atoms with E-state index < -0.39 is 6.10 Å². The van der Waals surface area contributed by atoms with Crippen molar-refractivity contribution in [2.45, 2.75) is 32.8 Å². The van der Waals surface area contributed by atoms with Crippen molar-refractivity contribution in [3.63, 3.8) is 0 Å². The normalized spacial score (nSPS) is 23.3. The van der Waals surface area contributed by atoms with Gasteiger partial charge in [0.2, 0.25) is 0 Å². The van der Waals surface area contributed by atoms with Crippen LogP contribution in [0.15, 0.2) is 29.8 Å². The molecule has 1 aromatic rings. The molecule has 0 radical (unpaired) electrons. The molecule has 1 aliphatic rings. The summed E-state index contributed by atoms with van der Waals surface area (Å²) in [6.45, 7) is 4.36. The van der Waals surface area contributed by atoms with E-state index in [1.165, 1.54) is 5.57 Å². The largest absolute Gasteiger partial charge is 0.389 e. The summed E-state index contributed by atoms with van der Waals surface area (Å²) >= 11 is 11.9. The van der Waals surface area contributed by atoms with Crippen LogP contribution in [0.4, 0.5) is 0 Å². The summed E-state index contributed by atoms with van der Waals surface area (Å²) in [5, 5.41) is 10.9. The second-order valence-electron chi connectivity index (χ2n) is 5.71. The third-order valence-electron chi connectivity index (χ3n) is 3.53. The lowest BCUT2D eigenvalue weighted by atomic mass is 9.71. The molecule has 0 unspecified atom stereocenters. The molecule has 0 saturated heterocycles. The van der Waals surface area contributed by atoms with Gasteiger partial charge in [-0.15, -0.1) is 11.6 Å². The zero-order valence-corrected chi connectivity index (χ0v) is 12.2. The summed E-state index contributed by atoms with van der Waals surface area (Å²) in [7, 11) is 0. The lowest BCUT2D eigenvalue weighted by Crippen LogP contribution is -2.29. The molecule has 0 spiro atoms. The molecule has 0 saturated carbocycles. The quantitative estimate of drug-likeness (QED) is 0.792. The van der Waals surface area contributed by atoms with Crippen molar-refractivity contribution in [1.29, 1.82) is 0 Å². The summed E-state index contributed by atoms with van der Waals surface area (Å²) in [5.74, 6) is 0.384. The Balaban J connectivity index is 2.46. The van der Waals surface area contributed by atoms with Gasteiger partial charge < -0.3 is 5.11 Å². The number of aliphatic hydroxyl groups excluding tert-OH is 1. The molecule has 2 rings (SSSR count). The van der Waals surface area contributed by atoms with Gasteiger partial charge in [-0.2, -0.15) is 0 Å². The van der Waals surface area contributed by atoms with Crippen LogP contribution in [-0.2, 0) is 0 Å². The van der Waals surface area contributed by atoms with E-state index in [0.29, 0.717) is 5.88 Å². The molecule has 0 aromatic heterocycles. The molecule has 1 nitrogen and oxygen atoms in total. The highest BCUT2D eigenvalue weighted by Gasteiger charge is 2.32. The smallest absolute Gasteiger partial charge is 0.0772 e. The summed E-state index contributed by atoms with van der Waals surface area (Å²) < 4.78 is 0. The molecule has 18 heavy (non-hydrogen) atoms. The fourth-order valence-electron chi connectivity index (χ4n) is 2.62. The Morgan fingerprint density at radius 3 is 2.44 bits per heavy atom. The third-order valence-corrected chi connectivity index (χ3v) is 4.07. The highest BCUT2D eigenvalue weighted by Crippen LogP contribution is 2.43. The van der Waals surface area contributed by atoms with Crippen molar-refractivity contribution < 1.29 is 5.11 Å². The average Bonchev–Trinajstić information content (AvgIpc) is 2.28. The number of aliphatic hydroxyl groups is 1. The van der Waals surface area contributed by atoms with Crippen LogP contribution in [0.1, 0.15) is 32.3 Å². The van der Waals surface area contributed by atoms with Crippen molar-refractivity contribution >= 4 is 28.8 Å². The fourth-order valence-corrected chi connectivity index (χ4v) is 3.09. The first kappa shape index (κ1) is 13.9. The Morgan fingerprint density at radius 1 is 1.28 bits per heavy atom. The van der Waals surface area contributed by atoms with Gasteiger partial charge in [0.1, 0.15) is 0 Å². The second kappa shape index (κ2) is 5.24. The highest BCUT2D eigenvalue weighted by atomic mass is 35.5.